The molecule has 0 radical (unpaired) electrons. The maximum Gasteiger partial charge on any atom is 0.156 e. The second-order valence-corrected chi connectivity index (χ2v) is 7.87. The highest BCUT2D eigenvalue weighted by Gasteiger charge is 2.17. The van der Waals surface area contributed by atoms with Crippen LogP contribution in [0.2, 0.25) is 0 Å². The van der Waals surface area contributed by atoms with Gasteiger partial charge in [0.25, 0.3) is 0 Å². The van der Waals surface area contributed by atoms with Crippen LogP contribution in [0.15, 0.2) is 90.0 Å². The van der Waals surface area contributed by atoms with Gasteiger partial charge in [0.2, 0.25) is 0 Å². The van der Waals surface area contributed by atoms with E-state index in [1.807, 2.05) is 47.7 Å². The zero-order chi connectivity index (χ0) is 21.0. The molecule has 0 saturated heterocycles. The number of para-hydroxylation sites is 1. The lowest BCUT2D eigenvalue weighted by molar-refractivity contribution is 0.311. The molecule has 6 heteroatoms. The van der Waals surface area contributed by atoms with Gasteiger partial charge in [-0.05, 0) is 24.7 Å². The minimum Gasteiger partial charge on any atom is -0.454 e. The van der Waals surface area contributed by atoms with Crippen LogP contribution in [-0.2, 0) is 19.6 Å². The second-order valence-electron chi connectivity index (χ2n) is 7.87. The third kappa shape index (κ3) is 4.44. The van der Waals surface area contributed by atoms with Gasteiger partial charge >= 0.3 is 0 Å². The fourth-order valence-corrected chi connectivity index (χ4v) is 3.81. The van der Waals surface area contributed by atoms with Crippen LogP contribution in [0, 0.1) is 0 Å². The Hall–Kier alpha value is -3.64. The Morgan fingerprint density at radius 1 is 1.03 bits per heavy atom. The molecule has 0 bridgehead atoms. The molecule has 0 saturated carbocycles. The number of furan rings is 1. The molecule has 0 unspecified atom stereocenters. The summed E-state index contributed by atoms with van der Waals surface area (Å²) in [5.74, 6) is 0.811. The van der Waals surface area contributed by atoms with Crippen LogP contribution in [0.25, 0.3) is 22.4 Å². The molecule has 0 amide bonds. The van der Waals surface area contributed by atoms with Gasteiger partial charge in [-0.25, -0.2) is 4.98 Å². The Labute approximate surface area is 181 Å². The van der Waals surface area contributed by atoms with Crippen molar-refractivity contribution in [2.45, 2.75) is 19.6 Å². The molecule has 5 rings (SSSR count). The summed E-state index contributed by atoms with van der Waals surface area (Å²) in [6.45, 7) is 3.33. The molecule has 0 N–H and O–H groups in total. The molecule has 5 aromatic rings. The Morgan fingerprint density at radius 2 is 1.87 bits per heavy atom. The van der Waals surface area contributed by atoms with E-state index in [9.17, 15) is 0 Å². The highest BCUT2D eigenvalue weighted by molar-refractivity contribution is 5.82. The molecule has 156 valence electrons. The lowest BCUT2D eigenvalue weighted by Crippen LogP contribution is -2.22. The van der Waals surface area contributed by atoms with Crippen molar-refractivity contribution in [3.05, 3.63) is 96.7 Å². The van der Waals surface area contributed by atoms with Gasteiger partial charge < -0.3 is 13.9 Å². The SMILES string of the molecule is CN(CCn1ccnc1)Cc1cn(Cc2ccccc2)nc1-c1cc2ccccc2o1. The first-order valence-electron chi connectivity index (χ1n) is 10.5. The van der Waals surface area contributed by atoms with Gasteiger partial charge in [-0.3, -0.25) is 4.68 Å². The molecule has 0 spiro atoms. The maximum atomic E-state index is 6.15. The number of nitrogens with zero attached hydrogens (tertiary/aromatic N) is 5. The summed E-state index contributed by atoms with van der Waals surface area (Å²) in [7, 11) is 2.13. The number of benzene rings is 2. The van der Waals surface area contributed by atoms with Crippen molar-refractivity contribution in [1.82, 2.24) is 24.2 Å². The number of imidazole rings is 1. The zero-order valence-electron chi connectivity index (χ0n) is 17.6. The van der Waals surface area contributed by atoms with Gasteiger partial charge in [0.05, 0.1) is 12.9 Å². The third-order valence-corrected chi connectivity index (χ3v) is 5.42. The lowest BCUT2D eigenvalue weighted by atomic mass is 10.2. The van der Waals surface area contributed by atoms with Crippen LogP contribution in [-0.4, -0.2) is 37.8 Å². The predicted octanol–water partition coefficient (Wildman–Crippen LogP) is 4.67. The summed E-state index contributed by atoms with van der Waals surface area (Å²) in [6, 6.07) is 20.6. The Kier molecular flexibility index (Phi) is 5.37. The molecular weight excluding hydrogens is 386 g/mol. The molecule has 3 heterocycles. The normalized spacial score (nSPS) is 11.5. The maximum absolute atomic E-state index is 6.15. The van der Waals surface area contributed by atoms with E-state index in [1.165, 1.54) is 5.56 Å². The number of fused-ring (bicyclic) bond motifs is 1. The molecule has 2 aromatic carbocycles. The molecule has 31 heavy (non-hydrogen) atoms. The number of hydrogen-bond acceptors (Lipinski definition) is 4. The molecule has 6 nitrogen and oxygen atoms in total. The van der Waals surface area contributed by atoms with E-state index in [-0.39, 0.29) is 0 Å². The van der Waals surface area contributed by atoms with E-state index in [1.54, 1.807) is 0 Å². The standard InChI is InChI=1S/C25H25N5O/c1-28(13-14-29-12-11-26-19-29)17-22-18-30(16-20-7-3-2-4-8-20)27-25(22)24-15-21-9-5-6-10-23(21)31-24/h2-12,15,18-19H,13-14,16-17H2,1H3. The van der Waals surface area contributed by atoms with Gasteiger partial charge in [-0.15, -0.1) is 0 Å². The van der Waals surface area contributed by atoms with Crippen LogP contribution in [0.3, 0.4) is 0 Å². The molecular formula is C25H25N5O. The lowest BCUT2D eigenvalue weighted by Gasteiger charge is -2.16. The van der Waals surface area contributed by atoms with Crippen molar-refractivity contribution in [2.75, 3.05) is 13.6 Å². The van der Waals surface area contributed by atoms with E-state index in [0.717, 1.165) is 54.2 Å². The largest absolute Gasteiger partial charge is 0.454 e. The first-order valence-corrected chi connectivity index (χ1v) is 10.5. The first-order chi connectivity index (χ1) is 15.2. The highest BCUT2D eigenvalue weighted by Crippen LogP contribution is 2.30. The van der Waals surface area contributed by atoms with Crippen molar-refractivity contribution in [3.63, 3.8) is 0 Å². The summed E-state index contributed by atoms with van der Waals surface area (Å²) >= 11 is 0. The highest BCUT2D eigenvalue weighted by atomic mass is 16.3. The second kappa shape index (κ2) is 8.62. The zero-order valence-corrected chi connectivity index (χ0v) is 17.6. The fourth-order valence-electron chi connectivity index (χ4n) is 3.81. The number of hydrogen-bond donors (Lipinski definition) is 0. The molecule has 0 aliphatic carbocycles. The van der Waals surface area contributed by atoms with Crippen molar-refractivity contribution in [1.29, 1.82) is 0 Å². The Bertz CT molecular complexity index is 1220. The van der Waals surface area contributed by atoms with Crippen LogP contribution in [0.1, 0.15) is 11.1 Å². The monoisotopic (exact) mass is 411 g/mol. The molecule has 3 aromatic heterocycles. The quantitative estimate of drug-likeness (QED) is 0.372. The molecule has 0 fully saturated rings. The summed E-state index contributed by atoms with van der Waals surface area (Å²) < 4.78 is 10.3. The van der Waals surface area contributed by atoms with Gasteiger partial charge in [-0.1, -0.05) is 48.5 Å². The number of aromatic nitrogens is 4. The Balaban J connectivity index is 1.42. The first kappa shape index (κ1) is 19.3. The number of likely N-dealkylation sites (N-methyl/N-ethyl adjacent to an activating group) is 1. The average Bonchev–Trinajstić information content (AvgIpc) is 3.52. The third-order valence-electron chi connectivity index (χ3n) is 5.42. The summed E-state index contributed by atoms with van der Waals surface area (Å²) in [6.07, 6.45) is 7.80. The summed E-state index contributed by atoms with van der Waals surface area (Å²) in [5, 5.41) is 6.01. The Morgan fingerprint density at radius 3 is 2.68 bits per heavy atom. The van der Waals surface area contributed by atoms with Gasteiger partial charge in [0.1, 0.15) is 11.3 Å². The molecule has 0 aliphatic heterocycles. The fraction of sp³-hybridized carbons (Fsp3) is 0.200. The van der Waals surface area contributed by atoms with Gasteiger partial charge in [0, 0.05) is 49.2 Å². The molecule has 0 atom stereocenters. The summed E-state index contributed by atoms with van der Waals surface area (Å²) in [5.41, 5.74) is 4.17. The van der Waals surface area contributed by atoms with E-state index in [0.29, 0.717) is 0 Å². The number of rotatable bonds is 8. The van der Waals surface area contributed by atoms with Gasteiger partial charge in [-0.2, -0.15) is 5.10 Å². The van der Waals surface area contributed by atoms with Crippen molar-refractivity contribution >= 4 is 11.0 Å². The van der Waals surface area contributed by atoms with Crippen LogP contribution >= 0.6 is 0 Å². The molecule has 0 aliphatic rings. The van der Waals surface area contributed by atoms with Crippen LogP contribution < -0.4 is 0 Å². The van der Waals surface area contributed by atoms with E-state index in [2.05, 4.69) is 64.1 Å². The van der Waals surface area contributed by atoms with Gasteiger partial charge in [0.15, 0.2) is 5.76 Å². The van der Waals surface area contributed by atoms with Crippen LogP contribution in [0.4, 0.5) is 0 Å². The van der Waals surface area contributed by atoms with Crippen molar-refractivity contribution in [2.24, 2.45) is 0 Å². The predicted molar refractivity (Wildman–Crippen MR) is 122 cm³/mol. The van der Waals surface area contributed by atoms with E-state index in [4.69, 9.17) is 9.52 Å². The minimum absolute atomic E-state index is 0.729. The smallest absolute Gasteiger partial charge is 0.156 e. The van der Waals surface area contributed by atoms with Crippen molar-refractivity contribution in [3.8, 4) is 11.5 Å². The average molecular weight is 412 g/mol. The van der Waals surface area contributed by atoms with E-state index >= 15 is 0 Å². The minimum atomic E-state index is 0.729. The topological polar surface area (TPSA) is 52.0 Å². The summed E-state index contributed by atoms with van der Waals surface area (Å²) in [4.78, 5) is 6.42. The van der Waals surface area contributed by atoms with Crippen LogP contribution in [0.5, 0.6) is 0 Å². The van der Waals surface area contributed by atoms with E-state index < -0.39 is 0 Å². The van der Waals surface area contributed by atoms with Crippen molar-refractivity contribution < 1.29 is 4.42 Å².